The highest BCUT2D eigenvalue weighted by atomic mass is 19.1. The van der Waals surface area contributed by atoms with Crippen molar-refractivity contribution in [3.8, 4) is 18.1 Å². The first-order chi connectivity index (χ1) is 16.8. The summed E-state index contributed by atoms with van der Waals surface area (Å²) in [5, 5.41) is 2.66. The van der Waals surface area contributed by atoms with Crippen LogP contribution in [0.2, 0.25) is 0 Å². The van der Waals surface area contributed by atoms with Gasteiger partial charge in [-0.3, -0.25) is 4.79 Å². The van der Waals surface area contributed by atoms with Crippen LogP contribution in [0.3, 0.4) is 0 Å². The minimum atomic E-state index is -0.760. The van der Waals surface area contributed by atoms with E-state index in [-0.39, 0.29) is 5.75 Å². The molecule has 35 heavy (non-hydrogen) atoms. The highest BCUT2D eigenvalue weighted by Gasteiger charge is 2.19. The number of terminal acetylenes is 1. The number of carbonyl (C=O) groups is 1. The monoisotopic (exact) mass is 475 g/mol. The van der Waals surface area contributed by atoms with Gasteiger partial charge in [0, 0.05) is 17.3 Å². The van der Waals surface area contributed by atoms with Gasteiger partial charge in [-0.05, 0) is 84.7 Å². The Kier molecular flexibility index (Phi) is 10.2. The summed E-state index contributed by atoms with van der Waals surface area (Å²) < 4.78 is 34.2. The molecule has 0 atom stereocenters. The van der Waals surface area contributed by atoms with Gasteiger partial charge in [0.1, 0.15) is 5.82 Å². The third-order valence-electron chi connectivity index (χ3n) is 5.33. The average molecular weight is 476 g/mol. The lowest BCUT2D eigenvalue weighted by molar-refractivity contribution is -0.111. The Labute approximate surface area is 206 Å². The maximum Gasteiger partial charge on any atom is 0.300 e. The number of benzene rings is 2. The van der Waals surface area contributed by atoms with Crippen LogP contribution in [0.15, 0.2) is 71.8 Å². The molecule has 5 heteroatoms. The molecule has 0 aromatic heterocycles. The van der Waals surface area contributed by atoms with E-state index in [0.29, 0.717) is 23.2 Å². The SMILES string of the molecule is C#CC(=O)Nc1cccc(C(/C=C(C(\C)=C\CC)/C(=C\CC)c2cc(F)cc(F)c2OC)=C/C)c1. The fourth-order valence-electron chi connectivity index (χ4n) is 3.79. The van der Waals surface area contributed by atoms with Gasteiger partial charge in [0.2, 0.25) is 0 Å². The van der Waals surface area contributed by atoms with E-state index in [9.17, 15) is 13.6 Å². The fourth-order valence-corrected chi connectivity index (χ4v) is 3.79. The molecule has 0 heterocycles. The summed E-state index contributed by atoms with van der Waals surface area (Å²) in [7, 11) is 1.37. The molecular formula is C30H31F2NO2. The Morgan fingerprint density at radius 3 is 2.46 bits per heavy atom. The van der Waals surface area contributed by atoms with Gasteiger partial charge in [-0.2, -0.15) is 0 Å². The van der Waals surface area contributed by atoms with Crippen LogP contribution in [-0.4, -0.2) is 13.0 Å². The minimum absolute atomic E-state index is 0.0117. The lowest BCUT2D eigenvalue weighted by atomic mass is 9.88. The van der Waals surface area contributed by atoms with Crippen LogP contribution in [0.5, 0.6) is 5.75 Å². The Morgan fingerprint density at radius 2 is 1.86 bits per heavy atom. The van der Waals surface area contributed by atoms with Crippen LogP contribution in [0.1, 0.15) is 51.7 Å². The number of halogens is 2. The third kappa shape index (κ3) is 7.04. The first kappa shape index (κ1) is 27.3. The summed E-state index contributed by atoms with van der Waals surface area (Å²) in [6.07, 6.45) is 14.5. The van der Waals surface area contributed by atoms with Crippen molar-refractivity contribution < 1.29 is 18.3 Å². The molecule has 182 valence electrons. The smallest absolute Gasteiger partial charge is 0.300 e. The van der Waals surface area contributed by atoms with Crippen LogP contribution >= 0.6 is 0 Å². The average Bonchev–Trinajstić information content (AvgIpc) is 2.83. The number of amides is 1. The standard InChI is InChI=1S/C30H31F2NO2/c1-7-12-20(5)26(25(13-8-2)27-18-23(31)19-28(32)30(27)35-6)17-21(9-3)22-14-11-15-24(16-22)33-29(34)10-4/h4,9,11-19H,7-8H2,1-3,5-6H3,(H,33,34)/b20-12+,21-9+,25-13+,26-17+. The molecule has 0 aliphatic heterocycles. The van der Waals surface area contributed by atoms with Gasteiger partial charge >= 0.3 is 0 Å². The molecule has 0 unspecified atom stereocenters. The summed E-state index contributed by atoms with van der Waals surface area (Å²) in [5.74, 6) is 0.0555. The van der Waals surface area contributed by atoms with Gasteiger partial charge in [-0.25, -0.2) is 8.78 Å². The van der Waals surface area contributed by atoms with Gasteiger partial charge in [0.05, 0.1) is 7.11 Å². The van der Waals surface area contributed by atoms with Crippen LogP contribution in [0, 0.1) is 24.0 Å². The number of rotatable bonds is 9. The van der Waals surface area contributed by atoms with Crippen molar-refractivity contribution in [1.29, 1.82) is 0 Å². The predicted molar refractivity (Wildman–Crippen MR) is 141 cm³/mol. The molecule has 1 amide bonds. The van der Waals surface area contributed by atoms with Gasteiger partial charge in [0.25, 0.3) is 5.91 Å². The van der Waals surface area contributed by atoms with E-state index in [2.05, 4.69) is 11.4 Å². The van der Waals surface area contributed by atoms with E-state index < -0.39 is 17.5 Å². The summed E-state index contributed by atoms with van der Waals surface area (Å²) >= 11 is 0. The van der Waals surface area contributed by atoms with E-state index in [1.165, 1.54) is 13.2 Å². The molecule has 0 saturated heterocycles. The molecule has 3 nitrogen and oxygen atoms in total. The molecule has 0 bridgehead atoms. The predicted octanol–water partition coefficient (Wildman–Crippen LogP) is 7.72. The topological polar surface area (TPSA) is 38.3 Å². The summed E-state index contributed by atoms with van der Waals surface area (Å²) in [6.45, 7) is 7.87. The van der Waals surface area contributed by atoms with E-state index in [1.54, 1.807) is 6.07 Å². The van der Waals surface area contributed by atoms with Crippen LogP contribution in [0.25, 0.3) is 11.1 Å². The number of hydrogen-bond donors (Lipinski definition) is 1. The molecule has 2 aromatic rings. The fraction of sp³-hybridized carbons (Fsp3) is 0.233. The number of carbonyl (C=O) groups excluding carboxylic acids is 1. The molecule has 0 fully saturated rings. The number of ether oxygens (including phenoxy) is 1. The Bertz CT molecular complexity index is 1240. The first-order valence-corrected chi connectivity index (χ1v) is 11.5. The number of hydrogen-bond acceptors (Lipinski definition) is 2. The minimum Gasteiger partial charge on any atom is -0.493 e. The van der Waals surface area contributed by atoms with Crippen molar-refractivity contribution in [2.45, 2.75) is 40.5 Å². The molecule has 2 rings (SSSR count). The normalized spacial score (nSPS) is 12.9. The van der Waals surface area contributed by atoms with Gasteiger partial charge in [0.15, 0.2) is 11.6 Å². The first-order valence-electron chi connectivity index (χ1n) is 11.5. The molecule has 0 spiro atoms. The maximum atomic E-state index is 14.6. The number of allylic oxidation sites excluding steroid dienone is 8. The molecule has 0 saturated carbocycles. The molecule has 0 aliphatic rings. The Morgan fingerprint density at radius 1 is 1.14 bits per heavy atom. The molecule has 2 aromatic carbocycles. The second-order valence-electron chi connectivity index (χ2n) is 7.77. The van der Waals surface area contributed by atoms with E-state index in [4.69, 9.17) is 11.2 Å². The highest BCUT2D eigenvalue weighted by Crippen LogP contribution is 2.38. The van der Waals surface area contributed by atoms with Crippen molar-refractivity contribution in [2.24, 2.45) is 0 Å². The largest absolute Gasteiger partial charge is 0.493 e. The van der Waals surface area contributed by atoms with Crippen molar-refractivity contribution in [3.63, 3.8) is 0 Å². The second kappa shape index (κ2) is 13.1. The lowest BCUT2D eigenvalue weighted by Gasteiger charge is -2.19. The van der Waals surface area contributed by atoms with Crippen molar-refractivity contribution in [2.75, 3.05) is 12.4 Å². The van der Waals surface area contributed by atoms with Crippen molar-refractivity contribution >= 4 is 22.7 Å². The molecule has 1 N–H and O–H groups in total. The van der Waals surface area contributed by atoms with E-state index >= 15 is 0 Å². The zero-order valence-corrected chi connectivity index (χ0v) is 20.8. The molecular weight excluding hydrogens is 444 g/mol. The summed E-state index contributed by atoms with van der Waals surface area (Å²) in [6, 6.07) is 9.42. The van der Waals surface area contributed by atoms with Crippen LogP contribution in [-0.2, 0) is 4.79 Å². The lowest BCUT2D eigenvalue weighted by Crippen LogP contribution is -2.08. The highest BCUT2D eigenvalue weighted by molar-refractivity contribution is 6.03. The third-order valence-corrected chi connectivity index (χ3v) is 5.33. The summed E-state index contributed by atoms with van der Waals surface area (Å²) in [5.41, 5.74) is 5.04. The summed E-state index contributed by atoms with van der Waals surface area (Å²) in [4.78, 5) is 11.6. The Hall–Kier alpha value is -3.91. The van der Waals surface area contributed by atoms with E-state index in [0.717, 1.165) is 34.8 Å². The van der Waals surface area contributed by atoms with Gasteiger partial charge in [-0.15, -0.1) is 6.42 Å². The zero-order chi connectivity index (χ0) is 26.0. The van der Waals surface area contributed by atoms with Crippen molar-refractivity contribution in [3.05, 3.63) is 94.6 Å². The van der Waals surface area contributed by atoms with E-state index in [1.807, 2.05) is 70.0 Å². The molecule has 0 aliphatic carbocycles. The van der Waals surface area contributed by atoms with Crippen LogP contribution in [0.4, 0.5) is 14.5 Å². The number of nitrogens with one attached hydrogen (secondary N) is 1. The zero-order valence-electron chi connectivity index (χ0n) is 20.8. The Balaban J connectivity index is 2.76. The number of methoxy groups -OCH3 is 1. The van der Waals surface area contributed by atoms with Crippen molar-refractivity contribution in [1.82, 2.24) is 0 Å². The van der Waals surface area contributed by atoms with Gasteiger partial charge in [-0.1, -0.05) is 44.2 Å². The molecule has 0 radical (unpaired) electrons. The van der Waals surface area contributed by atoms with Gasteiger partial charge < -0.3 is 10.1 Å². The van der Waals surface area contributed by atoms with Crippen LogP contribution < -0.4 is 10.1 Å². The second-order valence-corrected chi connectivity index (χ2v) is 7.77. The quantitative estimate of drug-likeness (QED) is 0.298. The maximum absolute atomic E-state index is 14.6. The number of anilines is 1.